The van der Waals surface area contributed by atoms with Gasteiger partial charge in [0.2, 0.25) is 0 Å². The summed E-state index contributed by atoms with van der Waals surface area (Å²) >= 11 is 0. The van der Waals surface area contributed by atoms with Crippen LogP contribution in [0.3, 0.4) is 0 Å². The first-order valence-corrected chi connectivity index (χ1v) is 8.92. The van der Waals surface area contributed by atoms with Gasteiger partial charge in [0, 0.05) is 0 Å². The second kappa shape index (κ2) is 5.85. The lowest BCUT2D eigenvalue weighted by Crippen LogP contribution is -2.31. The number of rotatable bonds is 3. The molecule has 1 aliphatic heterocycles. The molecule has 0 N–H and O–H groups in total. The van der Waals surface area contributed by atoms with Crippen molar-refractivity contribution < 1.29 is 0 Å². The Morgan fingerprint density at radius 2 is 1.48 bits per heavy atom. The van der Waals surface area contributed by atoms with Crippen molar-refractivity contribution in [1.82, 2.24) is 0 Å². The SMILES string of the molecule is Cc1ccc(B2CC(C)(C)C(C)(C)C2)c(Cc2ccccc2)c1. The third-order valence-corrected chi connectivity index (χ3v) is 6.32. The van der Waals surface area contributed by atoms with Gasteiger partial charge in [0.05, 0.1) is 0 Å². The molecule has 1 heteroatoms. The summed E-state index contributed by atoms with van der Waals surface area (Å²) in [6.07, 6.45) is 3.64. The Hall–Kier alpha value is -1.50. The average molecular weight is 304 g/mol. The number of hydrogen-bond acceptors (Lipinski definition) is 0. The Bertz CT molecular complexity index is 666. The van der Waals surface area contributed by atoms with E-state index >= 15 is 0 Å². The summed E-state index contributed by atoms with van der Waals surface area (Å²) in [6, 6.07) is 18.0. The minimum atomic E-state index is 0.409. The van der Waals surface area contributed by atoms with E-state index in [0.29, 0.717) is 17.5 Å². The zero-order valence-corrected chi connectivity index (χ0v) is 15.3. The molecule has 0 atom stereocenters. The lowest BCUT2D eigenvalue weighted by Gasteiger charge is -2.35. The topological polar surface area (TPSA) is 0 Å². The molecule has 0 radical (unpaired) electrons. The van der Waals surface area contributed by atoms with Crippen LogP contribution in [0.5, 0.6) is 0 Å². The van der Waals surface area contributed by atoms with E-state index in [1.807, 2.05) is 0 Å². The summed E-state index contributed by atoms with van der Waals surface area (Å²) in [5, 5.41) is 0. The van der Waals surface area contributed by atoms with Crippen molar-refractivity contribution in [3.63, 3.8) is 0 Å². The van der Waals surface area contributed by atoms with E-state index in [-0.39, 0.29) is 0 Å². The Morgan fingerprint density at radius 1 is 0.870 bits per heavy atom. The van der Waals surface area contributed by atoms with E-state index in [1.165, 1.54) is 29.3 Å². The Kier molecular flexibility index (Phi) is 4.17. The maximum absolute atomic E-state index is 2.44. The summed E-state index contributed by atoms with van der Waals surface area (Å²) in [6.45, 7) is 12.7. The number of hydrogen-bond donors (Lipinski definition) is 0. The van der Waals surface area contributed by atoms with Crippen LogP contribution in [0.4, 0.5) is 0 Å². The van der Waals surface area contributed by atoms with Crippen molar-refractivity contribution in [1.29, 1.82) is 0 Å². The van der Waals surface area contributed by atoms with Crippen molar-refractivity contribution in [2.75, 3.05) is 0 Å². The molecule has 0 spiro atoms. The fraction of sp³-hybridized carbons (Fsp3) is 0.455. The highest BCUT2D eigenvalue weighted by molar-refractivity contribution is 6.74. The summed E-state index contributed by atoms with van der Waals surface area (Å²) < 4.78 is 0. The average Bonchev–Trinajstić information content (AvgIpc) is 2.68. The van der Waals surface area contributed by atoms with Gasteiger partial charge < -0.3 is 0 Å². The molecule has 2 aromatic rings. The maximum Gasteiger partial charge on any atom is 0.177 e. The molecule has 0 saturated carbocycles. The van der Waals surface area contributed by atoms with Crippen molar-refractivity contribution in [3.05, 3.63) is 65.2 Å². The summed E-state index contributed by atoms with van der Waals surface area (Å²) in [5.41, 5.74) is 6.71. The molecule has 0 aromatic heterocycles. The molecular weight excluding hydrogens is 275 g/mol. The van der Waals surface area contributed by atoms with E-state index in [2.05, 4.69) is 83.1 Å². The fourth-order valence-corrected chi connectivity index (χ4v) is 4.18. The molecule has 0 unspecified atom stereocenters. The molecule has 1 fully saturated rings. The van der Waals surface area contributed by atoms with Crippen LogP contribution < -0.4 is 5.46 Å². The molecule has 2 aromatic carbocycles. The quantitative estimate of drug-likeness (QED) is 0.670. The van der Waals surface area contributed by atoms with Crippen LogP contribution in [-0.2, 0) is 6.42 Å². The van der Waals surface area contributed by atoms with Gasteiger partial charge in [0.25, 0.3) is 0 Å². The number of benzene rings is 2. The Labute approximate surface area is 142 Å². The van der Waals surface area contributed by atoms with Gasteiger partial charge in [-0.3, -0.25) is 0 Å². The van der Waals surface area contributed by atoms with E-state index in [4.69, 9.17) is 0 Å². The minimum absolute atomic E-state index is 0.409. The van der Waals surface area contributed by atoms with Gasteiger partial charge in [-0.15, -0.1) is 0 Å². The normalized spacial score (nSPS) is 19.1. The fourth-order valence-electron chi connectivity index (χ4n) is 4.18. The Balaban J connectivity index is 1.94. The van der Waals surface area contributed by atoms with E-state index in [9.17, 15) is 0 Å². The van der Waals surface area contributed by atoms with Gasteiger partial charge in [-0.2, -0.15) is 0 Å². The molecule has 0 amide bonds. The van der Waals surface area contributed by atoms with Crippen molar-refractivity contribution in [2.45, 2.75) is 53.7 Å². The van der Waals surface area contributed by atoms with Crippen LogP contribution in [0.25, 0.3) is 0 Å². The van der Waals surface area contributed by atoms with Crippen molar-refractivity contribution in [2.24, 2.45) is 10.8 Å². The molecule has 1 saturated heterocycles. The minimum Gasteiger partial charge on any atom is -0.0765 e. The maximum atomic E-state index is 2.44. The smallest absolute Gasteiger partial charge is 0.0765 e. The first-order valence-electron chi connectivity index (χ1n) is 8.92. The van der Waals surface area contributed by atoms with Gasteiger partial charge in [-0.05, 0) is 35.3 Å². The summed E-state index contributed by atoms with van der Waals surface area (Å²) in [5.74, 6) is 0. The molecular formula is C22H29B. The molecule has 3 rings (SSSR count). The molecule has 0 aliphatic carbocycles. The van der Waals surface area contributed by atoms with Gasteiger partial charge >= 0.3 is 0 Å². The van der Waals surface area contributed by atoms with Crippen LogP contribution >= 0.6 is 0 Å². The molecule has 1 heterocycles. The summed E-state index contributed by atoms with van der Waals surface area (Å²) in [7, 11) is 0. The number of aryl methyl sites for hydroxylation is 1. The third-order valence-electron chi connectivity index (χ3n) is 6.32. The predicted molar refractivity (Wildman–Crippen MR) is 103 cm³/mol. The van der Waals surface area contributed by atoms with Crippen LogP contribution in [-0.4, -0.2) is 6.71 Å². The third kappa shape index (κ3) is 3.25. The van der Waals surface area contributed by atoms with Crippen LogP contribution in [0, 0.1) is 17.8 Å². The van der Waals surface area contributed by atoms with E-state index in [1.54, 1.807) is 5.46 Å². The summed E-state index contributed by atoms with van der Waals surface area (Å²) in [4.78, 5) is 0. The highest BCUT2D eigenvalue weighted by atomic mass is 14.4. The first kappa shape index (κ1) is 16.4. The lowest BCUT2D eigenvalue weighted by molar-refractivity contribution is 0.177. The molecule has 0 nitrogen and oxygen atoms in total. The molecule has 0 bridgehead atoms. The first-order chi connectivity index (χ1) is 10.8. The molecule has 120 valence electrons. The van der Waals surface area contributed by atoms with Gasteiger partial charge in [-0.25, -0.2) is 0 Å². The lowest BCUT2D eigenvalue weighted by atomic mass is 9.41. The second-order valence-electron chi connectivity index (χ2n) is 8.74. The van der Waals surface area contributed by atoms with Crippen LogP contribution in [0.15, 0.2) is 48.5 Å². The molecule has 23 heavy (non-hydrogen) atoms. The second-order valence-corrected chi connectivity index (χ2v) is 8.74. The van der Waals surface area contributed by atoms with E-state index in [0.717, 1.165) is 6.42 Å². The van der Waals surface area contributed by atoms with Gasteiger partial charge in [-0.1, -0.05) is 99.9 Å². The van der Waals surface area contributed by atoms with Gasteiger partial charge in [0.15, 0.2) is 6.71 Å². The highest BCUT2D eigenvalue weighted by Gasteiger charge is 2.48. The zero-order chi connectivity index (χ0) is 16.7. The van der Waals surface area contributed by atoms with E-state index < -0.39 is 0 Å². The zero-order valence-electron chi connectivity index (χ0n) is 15.3. The highest BCUT2D eigenvalue weighted by Crippen LogP contribution is 2.52. The van der Waals surface area contributed by atoms with Crippen molar-refractivity contribution >= 4 is 12.2 Å². The van der Waals surface area contributed by atoms with Crippen LogP contribution in [0.1, 0.15) is 44.4 Å². The monoisotopic (exact) mass is 304 g/mol. The largest absolute Gasteiger partial charge is 0.177 e. The Morgan fingerprint density at radius 3 is 2.09 bits per heavy atom. The van der Waals surface area contributed by atoms with Crippen molar-refractivity contribution in [3.8, 4) is 0 Å². The standard InChI is InChI=1S/C22H29B/c1-17-11-12-20(23-15-21(2,3)22(4,5)16-23)19(13-17)14-18-9-7-6-8-10-18/h6-13H,14-16H2,1-5H3. The van der Waals surface area contributed by atoms with Crippen LogP contribution in [0.2, 0.25) is 12.6 Å². The molecule has 1 aliphatic rings. The predicted octanol–water partition coefficient (Wildman–Crippen LogP) is 5.35. The van der Waals surface area contributed by atoms with Gasteiger partial charge in [0.1, 0.15) is 0 Å².